The highest BCUT2D eigenvalue weighted by molar-refractivity contribution is 6.31. The van der Waals surface area contributed by atoms with Crippen LogP contribution in [0.5, 0.6) is 5.75 Å². The fourth-order valence-corrected chi connectivity index (χ4v) is 10.9. The van der Waals surface area contributed by atoms with Crippen molar-refractivity contribution in [3.8, 4) is 23.7 Å². The summed E-state index contributed by atoms with van der Waals surface area (Å²) in [7, 11) is 0. The Balaban J connectivity index is 0.776. The lowest BCUT2D eigenvalue weighted by Gasteiger charge is -2.65. The molecule has 1 aromatic heterocycles. The molecule has 0 spiro atoms. The number of halogens is 1. The number of nitrogens with zero attached hydrogens (tertiary/aromatic N) is 6. The number of piperazine rings is 1. The molecule has 59 heavy (non-hydrogen) atoms. The lowest BCUT2D eigenvalue weighted by Crippen LogP contribution is -2.74. The Bertz CT molecular complexity index is 2440. The van der Waals surface area contributed by atoms with Gasteiger partial charge in [-0.2, -0.15) is 5.26 Å². The van der Waals surface area contributed by atoms with Crippen molar-refractivity contribution in [3.63, 3.8) is 0 Å². The first-order chi connectivity index (χ1) is 28.1. The third kappa shape index (κ3) is 6.43. The van der Waals surface area contributed by atoms with Crippen molar-refractivity contribution < 1.29 is 28.7 Å². The van der Waals surface area contributed by atoms with Crippen LogP contribution < -0.4 is 15.0 Å². The smallest absolute Gasteiger partial charge is 0.262 e. The predicted molar refractivity (Wildman–Crippen MR) is 216 cm³/mol. The maximum Gasteiger partial charge on any atom is 0.262 e. The second kappa shape index (κ2) is 14.2. The predicted octanol–water partition coefficient (Wildman–Crippen LogP) is 4.80. The van der Waals surface area contributed by atoms with Crippen LogP contribution in [-0.4, -0.2) is 99.6 Å². The molecule has 5 heterocycles. The van der Waals surface area contributed by atoms with Gasteiger partial charge in [0.2, 0.25) is 11.8 Å². The van der Waals surface area contributed by atoms with Gasteiger partial charge in [0.15, 0.2) is 0 Å². The minimum Gasteiger partial charge on any atom is -0.489 e. The molecule has 4 aliphatic heterocycles. The van der Waals surface area contributed by atoms with Gasteiger partial charge >= 0.3 is 0 Å². The number of ether oxygens (including phenoxy) is 1. The summed E-state index contributed by atoms with van der Waals surface area (Å²) in [5.41, 5.74) is 3.11. The summed E-state index contributed by atoms with van der Waals surface area (Å²) in [5, 5.41) is 11.8. The van der Waals surface area contributed by atoms with Crippen LogP contribution in [0.2, 0.25) is 5.02 Å². The summed E-state index contributed by atoms with van der Waals surface area (Å²) in [6.07, 6.45) is 1.96. The van der Waals surface area contributed by atoms with Gasteiger partial charge in [-0.3, -0.25) is 39.1 Å². The van der Waals surface area contributed by atoms with Crippen LogP contribution in [0.3, 0.4) is 0 Å². The van der Waals surface area contributed by atoms with Crippen molar-refractivity contribution in [2.45, 2.75) is 84.2 Å². The molecule has 5 amide bonds. The Hall–Kier alpha value is -5.76. The quantitative estimate of drug-likeness (QED) is 0.271. The van der Waals surface area contributed by atoms with E-state index in [9.17, 15) is 29.2 Å². The van der Waals surface area contributed by atoms with E-state index >= 15 is 0 Å². The summed E-state index contributed by atoms with van der Waals surface area (Å²) in [5.74, 6) is 5.53. The van der Waals surface area contributed by atoms with E-state index in [2.05, 4.69) is 60.7 Å². The number of anilines is 1. The minimum absolute atomic E-state index is 0.0313. The fraction of sp³-hybridized carbons (Fsp3) is 0.444. The molecule has 1 atom stereocenters. The molecule has 2 saturated carbocycles. The third-order valence-corrected chi connectivity index (χ3v) is 13.6. The van der Waals surface area contributed by atoms with Crippen molar-refractivity contribution in [3.05, 3.63) is 87.2 Å². The van der Waals surface area contributed by atoms with Gasteiger partial charge in [0.1, 0.15) is 29.7 Å². The molecule has 0 bridgehead atoms. The van der Waals surface area contributed by atoms with Gasteiger partial charge < -0.3 is 14.5 Å². The van der Waals surface area contributed by atoms with Gasteiger partial charge in [-0.15, -0.1) is 0 Å². The van der Waals surface area contributed by atoms with E-state index < -0.39 is 29.7 Å². The summed E-state index contributed by atoms with van der Waals surface area (Å²) in [6.45, 7) is 12.2. The fourth-order valence-electron chi connectivity index (χ4n) is 10.7. The van der Waals surface area contributed by atoms with Gasteiger partial charge in [-0.05, 0) is 67.6 Å². The molecule has 6 aliphatic rings. The first-order valence-corrected chi connectivity index (χ1v) is 20.6. The topological polar surface area (TPSA) is 156 Å². The summed E-state index contributed by atoms with van der Waals surface area (Å²) in [6, 6.07) is 15.5. The number of piperidine rings is 1. The second-order valence-electron chi connectivity index (χ2n) is 17.7. The number of imide groups is 2. The number of fused-ring (bicyclic) bond motifs is 2. The SMILES string of the molecule is CC1(C)C(Oc2ccc(C#N)c(Cl)c2)C(C)(C)C1N1Cc2nc(C#CC3CC(N4CCN(c5ccc6c(c5)C(=O)N(C5CCC(=O)NC5=O)C6=O)CC4)C3)ccc2C1=O. The number of carbonyl (C=O) groups excluding carboxylic acids is 5. The van der Waals surface area contributed by atoms with Crippen LogP contribution in [0.15, 0.2) is 48.5 Å². The van der Waals surface area contributed by atoms with Crippen LogP contribution in [0.25, 0.3) is 0 Å². The third-order valence-electron chi connectivity index (χ3n) is 13.3. The molecule has 0 radical (unpaired) electrons. The molecular weight excluding hydrogens is 770 g/mol. The average Bonchev–Trinajstić information content (AvgIpc) is 3.63. The van der Waals surface area contributed by atoms with Gasteiger partial charge in [0.05, 0.1) is 39.5 Å². The molecule has 3 aromatic rings. The van der Waals surface area contributed by atoms with Gasteiger partial charge in [-0.1, -0.05) is 45.2 Å². The molecule has 14 heteroatoms. The first kappa shape index (κ1) is 38.7. The van der Waals surface area contributed by atoms with Crippen LogP contribution in [-0.2, 0) is 16.1 Å². The zero-order valence-electron chi connectivity index (χ0n) is 33.4. The van der Waals surface area contributed by atoms with E-state index in [1.807, 2.05) is 23.1 Å². The van der Waals surface area contributed by atoms with Gasteiger partial charge in [-0.25, -0.2) is 4.98 Å². The monoisotopic (exact) mass is 813 g/mol. The maximum absolute atomic E-state index is 13.8. The number of pyridine rings is 1. The van der Waals surface area contributed by atoms with Crippen molar-refractivity contribution in [1.82, 2.24) is 25.0 Å². The first-order valence-electron chi connectivity index (χ1n) is 20.2. The van der Waals surface area contributed by atoms with Gasteiger partial charge in [0, 0.05) is 73.2 Å². The Morgan fingerprint density at radius 3 is 2.27 bits per heavy atom. The Labute approximate surface area is 347 Å². The van der Waals surface area contributed by atoms with Crippen LogP contribution in [0.4, 0.5) is 5.69 Å². The maximum atomic E-state index is 13.8. The number of aromatic nitrogens is 1. The number of amides is 5. The molecular formula is C45H44ClN7O6. The molecule has 2 aromatic carbocycles. The zero-order chi connectivity index (χ0) is 41.5. The van der Waals surface area contributed by atoms with Crippen molar-refractivity contribution in [2.24, 2.45) is 16.7 Å². The molecule has 2 saturated heterocycles. The molecule has 13 nitrogen and oxygen atoms in total. The number of hydrogen-bond donors (Lipinski definition) is 1. The van der Waals surface area contributed by atoms with E-state index in [1.165, 1.54) is 0 Å². The zero-order valence-corrected chi connectivity index (χ0v) is 34.1. The molecule has 4 fully saturated rings. The molecule has 9 rings (SSSR count). The van der Waals surface area contributed by atoms with E-state index in [-0.39, 0.29) is 53.2 Å². The van der Waals surface area contributed by atoms with E-state index in [1.54, 1.807) is 30.3 Å². The number of rotatable bonds is 6. The van der Waals surface area contributed by atoms with Crippen LogP contribution in [0, 0.1) is 39.9 Å². The molecule has 1 unspecified atom stereocenters. The lowest BCUT2D eigenvalue weighted by molar-refractivity contribution is -0.199. The van der Waals surface area contributed by atoms with Crippen LogP contribution in [0.1, 0.15) is 101 Å². The van der Waals surface area contributed by atoms with Crippen molar-refractivity contribution >= 4 is 46.8 Å². The minimum atomic E-state index is -0.984. The summed E-state index contributed by atoms with van der Waals surface area (Å²) in [4.78, 5) is 76.8. The Kier molecular flexibility index (Phi) is 9.33. The number of hydrogen-bond acceptors (Lipinski definition) is 10. The number of carbonyl (C=O) groups is 5. The summed E-state index contributed by atoms with van der Waals surface area (Å²) < 4.78 is 6.46. The normalized spacial score (nSPS) is 26.9. The van der Waals surface area contributed by atoms with Gasteiger partial charge in [0.25, 0.3) is 17.7 Å². The molecule has 302 valence electrons. The van der Waals surface area contributed by atoms with Crippen molar-refractivity contribution in [1.29, 1.82) is 5.26 Å². The van der Waals surface area contributed by atoms with Crippen LogP contribution >= 0.6 is 11.6 Å². The number of benzene rings is 2. The van der Waals surface area contributed by atoms with E-state index in [0.717, 1.165) is 55.3 Å². The van der Waals surface area contributed by atoms with Crippen molar-refractivity contribution in [2.75, 3.05) is 31.1 Å². The molecule has 1 N–H and O–H groups in total. The summed E-state index contributed by atoms with van der Waals surface area (Å²) >= 11 is 6.28. The Morgan fingerprint density at radius 1 is 0.864 bits per heavy atom. The molecule has 2 aliphatic carbocycles. The highest BCUT2D eigenvalue weighted by Gasteiger charge is 2.67. The van der Waals surface area contributed by atoms with E-state index in [0.29, 0.717) is 45.7 Å². The standard InChI is InChI=1S/C45H44ClN7O6/c1-44(2)42(45(3,4)43(44)59-30-10-6-26(23-47)34(46)22-30)52-24-35-32(39(52)56)11-8-27(48-35)7-5-25-19-29(20-25)51-17-15-50(16-18-51)28-9-12-31-33(21-28)41(58)53(40(31)57)36-13-14-37(54)49-38(36)55/h6,8-12,21-22,25,29,36,42-43H,13-20,24H2,1-4H3,(H,49,54,55). The lowest BCUT2D eigenvalue weighted by atomic mass is 9.49. The largest absolute Gasteiger partial charge is 0.489 e. The average molecular weight is 814 g/mol. The number of nitriles is 1. The number of nitrogens with one attached hydrogen (secondary N) is 1. The highest BCUT2D eigenvalue weighted by Crippen LogP contribution is 2.59. The highest BCUT2D eigenvalue weighted by atomic mass is 35.5. The van der Waals surface area contributed by atoms with E-state index in [4.69, 9.17) is 21.3 Å². The second-order valence-corrected chi connectivity index (χ2v) is 18.1. The Morgan fingerprint density at radius 2 is 1.58 bits per heavy atom.